The lowest BCUT2D eigenvalue weighted by molar-refractivity contribution is -0.151. The molecule has 0 amide bonds. The minimum absolute atomic E-state index is 0. The maximum atomic E-state index is 7.34. The summed E-state index contributed by atoms with van der Waals surface area (Å²) in [6.45, 7) is 12.4. The Balaban J connectivity index is 0.00000181. The Bertz CT molecular complexity index is 842. The predicted octanol–water partition coefficient (Wildman–Crippen LogP) is 6.23. The zero-order valence-corrected chi connectivity index (χ0v) is 21.8. The number of piperidine rings is 1. The Labute approximate surface area is 207 Å². The van der Waals surface area contributed by atoms with Crippen molar-refractivity contribution >= 4 is 24.8 Å². The first-order valence-electron chi connectivity index (χ1n) is 11.7. The lowest BCUT2D eigenvalue weighted by Crippen LogP contribution is -2.45. The molecule has 1 spiro atoms. The monoisotopic (exact) mass is 478 g/mol. The van der Waals surface area contributed by atoms with Crippen LogP contribution in [0.4, 0.5) is 0 Å². The summed E-state index contributed by atoms with van der Waals surface area (Å²) in [5.74, 6) is 0. The molecule has 2 aliphatic rings. The average Bonchev–Trinajstić information content (AvgIpc) is 3.02. The van der Waals surface area contributed by atoms with E-state index in [0.29, 0.717) is 12.1 Å². The van der Waals surface area contributed by atoms with Gasteiger partial charge in [-0.2, -0.15) is 0 Å². The van der Waals surface area contributed by atoms with E-state index in [9.17, 15) is 0 Å². The van der Waals surface area contributed by atoms with Crippen LogP contribution in [0, 0.1) is 0 Å². The van der Waals surface area contributed by atoms with Gasteiger partial charge in [0.25, 0.3) is 0 Å². The van der Waals surface area contributed by atoms with Gasteiger partial charge in [0.05, 0.1) is 5.60 Å². The molecule has 2 aliphatic heterocycles. The van der Waals surface area contributed by atoms with Crippen molar-refractivity contribution in [2.75, 3.05) is 26.7 Å². The zero-order valence-electron chi connectivity index (χ0n) is 20.2. The van der Waals surface area contributed by atoms with Crippen LogP contribution in [0.25, 0.3) is 0 Å². The fourth-order valence-electron chi connectivity index (χ4n) is 5.68. The fourth-order valence-corrected chi connectivity index (χ4v) is 5.68. The molecule has 2 aromatic rings. The highest BCUT2D eigenvalue weighted by Crippen LogP contribution is 2.56. The minimum atomic E-state index is -0.379. The highest BCUT2D eigenvalue weighted by atomic mass is 35.5. The second-order valence-corrected chi connectivity index (χ2v) is 9.81. The predicted molar refractivity (Wildman–Crippen MR) is 139 cm³/mol. The van der Waals surface area contributed by atoms with E-state index >= 15 is 0 Å². The minimum Gasteiger partial charge on any atom is -0.354 e. The smallest absolute Gasteiger partial charge is 0.121 e. The van der Waals surface area contributed by atoms with Crippen LogP contribution >= 0.6 is 24.8 Å². The Hall–Kier alpha value is -1.10. The van der Waals surface area contributed by atoms with Gasteiger partial charge < -0.3 is 9.64 Å². The van der Waals surface area contributed by atoms with E-state index in [4.69, 9.17) is 4.74 Å². The molecule has 0 radical (unpaired) electrons. The Morgan fingerprint density at radius 3 is 1.94 bits per heavy atom. The molecule has 2 aromatic carbocycles. The molecular formula is C27H40Cl2N2O. The molecule has 0 bridgehead atoms. The van der Waals surface area contributed by atoms with Crippen molar-refractivity contribution in [1.29, 1.82) is 0 Å². The number of rotatable bonds is 6. The highest BCUT2D eigenvalue weighted by Gasteiger charge is 2.54. The van der Waals surface area contributed by atoms with Crippen molar-refractivity contribution in [2.24, 2.45) is 0 Å². The van der Waals surface area contributed by atoms with E-state index in [1.165, 1.54) is 16.7 Å². The van der Waals surface area contributed by atoms with Gasteiger partial charge in [-0.1, -0.05) is 54.6 Å². The molecule has 0 N–H and O–H groups in total. The Morgan fingerprint density at radius 1 is 0.844 bits per heavy atom. The summed E-state index contributed by atoms with van der Waals surface area (Å²) in [7, 11) is 2.22. The number of benzene rings is 2. The SMILES string of the molecule is CC(C)N(CCC1(c2ccccc2)OC2(CCN(C)CC2)c2ccccc21)C(C)C.Cl.Cl. The molecule has 0 aromatic heterocycles. The maximum absolute atomic E-state index is 7.34. The van der Waals surface area contributed by atoms with Crippen molar-refractivity contribution in [1.82, 2.24) is 9.80 Å². The largest absolute Gasteiger partial charge is 0.354 e. The highest BCUT2D eigenvalue weighted by molar-refractivity contribution is 5.85. The molecule has 3 nitrogen and oxygen atoms in total. The van der Waals surface area contributed by atoms with Crippen LogP contribution in [0.15, 0.2) is 54.6 Å². The van der Waals surface area contributed by atoms with Crippen molar-refractivity contribution in [3.8, 4) is 0 Å². The lowest BCUT2D eigenvalue weighted by atomic mass is 9.79. The molecule has 5 heteroatoms. The average molecular weight is 480 g/mol. The van der Waals surface area contributed by atoms with Crippen LogP contribution in [0.1, 0.15) is 63.6 Å². The van der Waals surface area contributed by atoms with Crippen LogP contribution < -0.4 is 0 Å². The van der Waals surface area contributed by atoms with Gasteiger partial charge in [-0.25, -0.2) is 0 Å². The van der Waals surface area contributed by atoms with Gasteiger partial charge in [0.1, 0.15) is 5.60 Å². The molecule has 178 valence electrons. The summed E-state index contributed by atoms with van der Waals surface area (Å²) >= 11 is 0. The summed E-state index contributed by atoms with van der Waals surface area (Å²) in [6, 6.07) is 21.0. The van der Waals surface area contributed by atoms with E-state index in [0.717, 1.165) is 38.9 Å². The van der Waals surface area contributed by atoms with Crippen molar-refractivity contribution in [2.45, 2.75) is 70.2 Å². The lowest BCUT2D eigenvalue weighted by Gasteiger charge is -2.42. The number of ether oxygens (including phenoxy) is 1. The Morgan fingerprint density at radius 2 is 1.38 bits per heavy atom. The molecule has 1 atom stereocenters. The summed E-state index contributed by atoms with van der Waals surface area (Å²) in [4.78, 5) is 5.02. The van der Waals surface area contributed by atoms with Gasteiger partial charge in [-0.3, -0.25) is 4.90 Å². The van der Waals surface area contributed by atoms with E-state index in [-0.39, 0.29) is 36.0 Å². The molecule has 2 heterocycles. The summed E-state index contributed by atoms with van der Waals surface area (Å²) in [5, 5.41) is 0. The molecule has 4 rings (SSSR count). The van der Waals surface area contributed by atoms with Crippen LogP contribution in [0.5, 0.6) is 0 Å². The third-order valence-electron chi connectivity index (χ3n) is 7.31. The van der Waals surface area contributed by atoms with E-state index in [2.05, 4.69) is 99.1 Å². The first-order valence-corrected chi connectivity index (χ1v) is 11.7. The van der Waals surface area contributed by atoms with Crippen molar-refractivity contribution in [3.05, 3.63) is 71.3 Å². The first-order chi connectivity index (χ1) is 14.4. The van der Waals surface area contributed by atoms with E-state index in [1.807, 2.05) is 0 Å². The molecular weight excluding hydrogens is 439 g/mol. The molecule has 0 aliphatic carbocycles. The van der Waals surface area contributed by atoms with Crippen LogP contribution in [0.2, 0.25) is 0 Å². The van der Waals surface area contributed by atoms with Gasteiger partial charge in [-0.05, 0) is 70.7 Å². The molecule has 1 unspecified atom stereocenters. The molecule has 1 fully saturated rings. The summed E-state index contributed by atoms with van der Waals surface area (Å²) in [6.07, 6.45) is 3.10. The summed E-state index contributed by atoms with van der Waals surface area (Å²) in [5.41, 5.74) is 3.55. The molecule has 1 saturated heterocycles. The second-order valence-electron chi connectivity index (χ2n) is 9.81. The van der Waals surface area contributed by atoms with Crippen molar-refractivity contribution in [3.63, 3.8) is 0 Å². The van der Waals surface area contributed by atoms with E-state index < -0.39 is 0 Å². The van der Waals surface area contributed by atoms with Crippen LogP contribution in [0.3, 0.4) is 0 Å². The normalized spacial score (nSPS) is 22.1. The summed E-state index contributed by atoms with van der Waals surface area (Å²) < 4.78 is 7.34. The van der Waals surface area contributed by atoms with Crippen LogP contribution in [-0.2, 0) is 15.9 Å². The standard InChI is InChI=1S/C27H38N2O.2ClH/c1-21(2)29(22(3)4)20-17-27(23-11-7-6-8-12-23)25-14-10-9-13-24(25)26(30-27)15-18-28(5)19-16-26;;/h6-14,21-22H,15-20H2,1-5H3;2*1H. The fraction of sp³-hybridized carbons (Fsp3) is 0.556. The molecule has 32 heavy (non-hydrogen) atoms. The van der Waals surface area contributed by atoms with Gasteiger partial charge in [0.2, 0.25) is 0 Å². The van der Waals surface area contributed by atoms with Gasteiger partial charge in [0.15, 0.2) is 0 Å². The number of hydrogen-bond donors (Lipinski definition) is 0. The number of halogens is 2. The third kappa shape index (κ3) is 4.88. The maximum Gasteiger partial charge on any atom is 0.121 e. The van der Waals surface area contributed by atoms with Gasteiger partial charge in [-0.15, -0.1) is 24.8 Å². The van der Waals surface area contributed by atoms with Crippen molar-refractivity contribution < 1.29 is 4.74 Å². The number of nitrogens with zero attached hydrogens (tertiary/aromatic N) is 2. The topological polar surface area (TPSA) is 15.7 Å². The van der Waals surface area contributed by atoms with Gasteiger partial charge >= 0.3 is 0 Å². The zero-order chi connectivity index (χ0) is 21.4. The van der Waals surface area contributed by atoms with E-state index in [1.54, 1.807) is 0 Å². The number of fused-ring (bicyclic) bond motifs is 2. The number of hydrogen-bond acceptors (Lipinski definition) is 3. The van der Waals surface area contributed by atoms with Gasteiger partial charge in [0, 0.05) is 31.7 Å². The second kappa shape index (κ2) is 10.9. The molecule has 0 saturated carbocycles. The quantitative estimate of drug-likeness (QED) is 0.488. The Kier molecular flexibility index (Phi) is 9.23. The van der Waals surface area contributed by atoms with Crippen LogP contribution in [-0.4, -0.2) is 48.6 Å². The number of likely N-dealkylation sites (tertiary alicyclic amines) is 1. The first kappa shape index (κ1) is 27.1. The third-order valence-corrected chi connectivity index (χ3v) is 7.31.